The summed E-state index contributed by atoms with van der Waals surface area (Å²) in [6, 6.07) is 26.6. The molecule has 136 valence electrons. The molecule has 3 aromatic carbocycles. The van der Waals surface area contributed by atoms with Crippen molar-refractivity contribution in [1.82, 2.24) is 0 Å². The third kappa shape index (κ3) is 3.09. The van der Waals surface area contributed by atoms with Crippen LogP contribution in [0.4, 0.5) is 11.4 Å². The van der Waals surface area contributed by atoms with Crippen molar-refractivity contribution in [2.75, 3.05) is 10.6 Å². The Kier molecular flexibility index (Phi) is 4.29. The van der Waals surface area contributed by atoms with Gasteiger partial charge >= 0.3 is 0 Å². The summed E-state index contributed by atoms with van der Waals surface area (Å²) in [5.74, 6) is 0. The second-order valence-corrected chi connectivity index (χ2v) is 9.36. The molecule has 3 aromatic rings. The Morgan fingerprint density at radius 1 is 0.630 bits per heavy atom. The van der Waals surface area contributed by atoms with E-state index in [1.54, 1.807) is 0 Å². The minimum Gasteiger partial charge on any atom is -0.378 e. The molecule has 5 rings (SSSR count). The first-order chi connectivity index (χ1) is 13.2. The van der Waals surface area contributed by atoms with Gasteiger partial charge in [0.1, 0.15) is 0 Å². The van der Waals surface area contributed by atoms with Crippen molar-refractivity contribution in [2.45, 2.75) is 24.9 Å². The van der Waals surface area contributed by atoms with Gasteiger partial charge in [0.25, 0.3) is 0 Å². The average Bonchev–Trinajstić information content (AvgIpc) is 3.44. The molecule has 1 saturated carbocycles. The molecule has 4 heteroatoms. The van der Waals surface area contributed by atoms with Gasteiger partial charge in [0, 0.05) is 25.7 Å². The number of fused-ring (bicyclic) bond motifs is 1. The number of hydrogen-bond acceptors (Lipinski definition) is 2. The van der Waals surface area contributed by atoms with Crippen molar-refractivity contribution < 1.29 is 0 Å². The maximum atomic E-state index is 3.83. The van der Waals surface area contributed by atoms with E-state index in [4.69, 9.17) is 0 Å². The highest BCUT2D eigenvalue weighted by Crippen LogP contribution is 2.68. The number of benzene rings is 3. The molecule has 0 bridgehead atoms. The Balaban J connectivity index is 1.50. The molecule has 0 aliphatic heterocycles. The molecular weight excluding hydrogens is 464 g/mol. The summed E-state index contributed by atoms with van der Waals surface area (Å²) in [5.41, 5.74) is 5.44. The second-order valence-electron chi connectivity index (χ2n) is 7.53. The first kappa shape index (κ1) is 17.3. The third-order valence-corrected chi connectivity index (χ3v) is 6.96. The molecule has 2 N–H and O–H groups in total. The maximum absolute atomic E-state index is 3.83. The Labute approximate surface area is 176 Å². The smallest absolute Gasteiger partial charge is 0.0596 e. The maximum Gasteiger partial charge on any atom is 0.0596 e. The summed E-state index contributed by atoms with van der Waals surface area (Å²) in [5, 5.41) is 7.67. The molecule has 0 unspecified atom stereocenters. The van der Waals surface area contributed by atoms with Crippen molar-refractivity contribution in [3.05, 3.63) is 92.9 Å². The van der Waals surface area contributed by atoms with Crippen LogP contribution in [0.3, 0.4) is 0 Å². The van der Waals surface area contributed by atoms with Crippen LogP contribution in [0, 0.1) is 5.41 Å². The van der Waals surface area contributed by atoms with E-state index in [0.29, 0.717) is 12.1 Å². The summed E-state index contributed by atoms with van der Waals surface area (Å²) in [6.07, 6.45) is 2.48. The Hall–Kier alpha value is -1.78. The summed E-state index contributed by atoms with van der Waals surface area (Å²) in [7, 11) is 0. The average molecular weight is 484 g/mol. The van der Waals surface area contributed by atoms with Crippen LogP contribution in [0.15, 0.2) is 81.7 Å². The summed E-state index contributed by atoms with van der Waals surface area (Å²) in [4.78, 5) is 0. The lowest BCUT2D eigenvalue weighted by Gasteiger charge is -2.28. The molecule has 27 heavy (non-hydrogen) atoms. The van der Waals surface area contributed by atoms with Gasteiger partial charge in [-0.05, 0) is 72.5 Å². The molecule has 1 fully saturated rings. The Morgan fingerprint density at radius 3 is 1.41 bits per heavy atom. The summed E-state index contributed by atoms with van der Waals surface area (Å²) in [6.45, 7) is 0. The van der Waals surface area contributed by atoms with Crippen LogP contribution in [0.1, 0.15) is 36.1 Å². The number of nitrogens with one attached hydrogen (secondary N) is 2. The fourth-order valence-electron chi connectivity index (χ4n) is 4.41. The van der Waals surface area contributed by atoms with Gasteiger partial charge in [-0.2, -0.15) is 0 Å². The fraction of sp³-hybridized carbons (Fsp3) is 0.217. The molecule has 0 heterocycles. The lowest BCUT2D eigenvalue weighted by molar-refractivity contribution is 0.414. The molecule has 0 saturated heterocycles. The van der Waals surface area contributed by atoms with Gasteiger partial charge in [0.15, 0.2) is 0 Å². The normalized spacial score (nSPS) is 21.7. The molecule has 0 radical (unpaired) electrons. The zero-order valence-electron chi connectivity index (χ0n) is 14.8. The SMILES string of the molecule is Brc1ccc(N[C@@H]2c3ccccc3[C@H](Nc3ccc(Br)cc3)C23CC3)cc1. The standard InChI is InChI=1S/C23H20Br2N2/c24-15-5-9-17(10-6-15)26-21-19-3-1-2-4-20(19)22(23(21)13-14-23)27-18-11-7-16(25)8-12-18/h1-12,21-22,26-27H,13-14H2/t21-,22+. The van der Waals surface area contributed by atoms with E-state index in [1.165, 1.54) is 35.3 Å². The van der Waals surface area contributed by atoms with Crippen molar-refractivity contribution in [3.8, 4) is 0 Å². The van der Waals surface area contributed by atoms with Gasteiger partial charge in [-0.3, -0.25) is 0 Å². The molecule has 2 aliphatic rings. The van der Waals surface area contributed by atoms with Crippen LogP contribution in [-0.4, -0.2) is 0 Å². The zero-order valence-corrected chi connectivity index (χ0v) is 17.9. The topological polar surface area (TPSA) is 24.1 Å². The zero-order chi connectivity index (χ0) is 18.4. The molecule has 2 atom stereocenters. The van der Waals surface area contributed by atoms with Gasteiger partial charge in [-0.15, -0.1) is 0 Å². The van der Waals surface area contributed by atoms with E-state index in [-0.39, 0.29) is 5.41 Å². The number of hydrogen-bond donors (Lipinski definition) is 2. The monoisotopic (exact) mass is 482 g/mol. The summed E-state index contributed by atoms with van der Waals surface area (Å²) < 4.78 is 2.21. The van der Waals surface area contributed by atoms with E-state index in [0.717, 1.165) is 8.95 Å². The highest BCUT2D eigenvalue weighted by molar-refractivity contribution is 9.10. The second kappa shape index (κ2) is 6.68. The molecular formula is C23H20Br2N2. The largest absolute Gasteiger partial charge is 0.378 e. The molecule has 0 amide bonds. The quantitative estimate of drug-likeness (QED) is 0.406. The van der Waals surface area contributed by atoms with E-state index in [2.05, 4.69) is 115 Å². The number of anilines is 2. The Bertz CT molecular complexity index is 886. The lowest BCUT2D eigenvalue weighted by atomic mass is 9.93. The van der Waals surface area contributed by atoms with Crippen LogP contribution in [0.25, 0.3) is 0 Å². The van der Waals surface area contributed by atoms with E-state index < -0.39 is 0 Å². The highest BCUT2D eigenvalue weighted by Gasteiger charge is 2.61. The third-order valence-electron chi connectivity index (χ3n) is 5.91. The van der Waals surface area contributed by atoms with E-state index in [9.17, 15) is 0 Å². The number of rotatable bonds is 4. The van der Waals surface area contributed by atoms with Gasteiger partial charge < -0.3 is 10.6 Å². The predicted octanol–water partition coefficient (Wildman–Crippen LogP) is 7.31. The highest BCUT2D eigenvalue weighted by atomic mass is 79.9. The van der Waals surface area contributed by atoms with Crippen molar-refractivity contribution >= 4 is 43.2 Å². The van der Waals surface area contributed by atoms with Gasteiger partial charge in [-0.1, -0.05) is 56.1 Å². The van der Waals surface area contributed by atoms with Gasteiger partial charge in [0.05, 0.1) is 12.1 Å². The summed E-state index contributed by atoms with van der Waals surface area (Å²) >= 11 is 7.06. The minimum absolute atomic E-state index is 0.240. The van der Waals surface area contributed by atoms with Crippen LogP contribution in [0.2, 0.25) is 0 Å². The first-order valence-electron chi connectivity index (χ1n) is 9.29. The predicted molar refractivity (Wildman–Crippen MR) is 119 cm³/mol. The van der Waals surface area contributed by atoms with E-state index >= 15 is 0 Å². The van der Waals surface area contributed by atoms with Crippen LogP contribution >= 0.6 is 31.9 Å². The van der Waals surface area contributed by atoms with Crippen molar-refractivity contribution in [2.24, 2.45) is 5.41 Å². The van der Waals surface area contributed by atoms with Crippen molar-refractivity contribution in [1.29, 1.82) is 0 Å². The van der Waals surface area contributed by atoms with Gasteiger partial charge in [-0.25, -0.2) is 0 Å². The molecule has 2 nitrogen and oxygen atoms in total. The fourth-order valence-corrected chi connectivity index (χ4v) is 4.94. The van der Waals surface area contributed by atoms with Crippen LogP contribution < -0.4 is 10.6 Å². The number of halogens is 2. The van der Waals surface area contributed by atoms with Crippen molar-refractivity contribution in [3.63, 3.8) is 0 Å². The lowest BCUT2D eigenvalue weighted by Crippen LogP contribution is -2.24. The van der Waals surface area contributed by atoms with Gasteiger partial charge in [0.2, 0.25) is 0 Å². The molecule has 2 aliphatic carbocycles. The van der Waals surface area contributed by atoms with Crippen LogP contribution in [0.5, 0.6) is 0 Å². The minimum atomic E-state index is 0.240. The first-order valence-corrected chi connectivity index (χ1v) is 10.9. The van der Waals surface area contributed by atoms with E-state index in [1.807, 2.05) is 0 Å². The van der Waals surface area contributed by atoms with Crippen LogP contribution in [-0.2, 0) is 0 Å². The Morgan fingerprint density at radius 2 is 1.04 bits per heavy atom. The molecule has 0 aromatic heterocycles. The molecule has 1 spiro atoms.